The van der Waals surface area contributed by atoms with Crippen molar-refractivity contribution in [1.29, 1.82) is 0 Å². The zero-order valence-corrected chi connectivity index (χ0v) is 15.4. The smallest absolute Gasteiger partial charge is 0.419 e. The minimum absolute atomic E-state index is 0.0503. The Balaban J connectivity index is 1.99. The molecule has 2 N–H and O–H groups in total. The number of aryl methyl sites for hydroxylation is 1. The van der Waals surface area contributed by atoms with Gasteiger partial charge < -0.3 is 14.6 Å². The highest BCUT2D eigenvalue weighted by Crippen LogP contribution is 2.35. The molecule has 1 aliphatic rings. The Kier molecular flexibility index (Phi) is 4.88. The molecule has 0 saturated heterocycles. The van der Waals surface area contributed by atoms with Crippen molar-refractivity contribution < 1.29 is 35.5 Å². The summed E-state index contributed by atoms with van der Waals surface area (Å²) < 4.78 is 85.6. The molecule has 28 heavy (non-hydrogen) atoms. The normalized spacial score (nSPS) is 18.7. The maximum absolute atomic E-state index is 13.4. The Hall–Kier alpha value is -2.60. The summed E-state index contributed by atoms with van der Waals surface area (Å²) in [5.41, 5.74) is -2.04. The van der Waals surface area contributed by atoms with Crippen LogP contribution in [0.5, 0.6) is 5.75 Å². The van der Waals surface area contributed by atoms with E-state index in [1.165, 1.54) is 11.6 Å². The minimum atomic E-state index is -4.94. The number of hydrogen-bond acceptors (Lipinski definition) is 4. The predicted molar refractivity (Wildman–Crippen MR) is 90.0 cm³/mol. The number of fused-ring (bicyclic) bond motifs is 1. The fourth-order valence-electron chi connectivity index (χ4n) is 2.75. The second-order valence-electron chi connectivity index (χ2n) is 6.26. The van der Waals surface area contributed by atoms with Crippen molar-refractivity contribution in [2.45, 2.75) is 24.0 Å². The van der Waals surface area contributed by atoms with Gasteiger partial charge in [-0.3, -0.25) is 4.79 Å². The maximum Gasteiger partial charge on any atom is 0.419 e. The third-order valence-corrected chi connectivity index (χ3v) is 5.55. The summed E-state index contributed by atoms with van der Waals surface area (Å²) in [7, 11) is -2.56. The van der Waals surface area contributed by atoms with Gasteiger partial charge in [0.05, 0.1) is 11.6 Å². The predicted octanol–water partition coefficient (Wildman–Crippen LogP) is 2.49. The molecule has 0 spiro atoms. The van der Waals surface area contributed by atoms with Gasteiger partial charge in [0.25, 0.3) is 5.91 Å². The molecule has 1 aromatic heterocycles. The molecule has 12 heteroatoms. The van der Waals surface area contributed by atoms with E-state index >= 15 is 0 Å². The number of nitrogens with zero attached hydrogens (tertiary/aromatic N) is 1. The number of rotatable bonds is 2. The number of amides is 1. The summed E-state index contributed by atoms with van der Waals surface area (Å²) in [4.78, 5) is 12.4. The van der Waals surface area contributed by atoms with Crippen LogP contribution in [-0.4, -0.2) is 31.5 Å². The van der Waals surface area contributed by atoms with E-state index in [-0.39, 0.29) is 28.6 Å². The molecule has 1 amide bonds. The lowest BCUT2D eigenvalue weighted by molar-refractivity contribution is -0.139. The summed E-state index contributed by atoms with van der Waals surface area (Å²) in [5, 5.41) is 2.21. The molecule has 2 heterocycles. The van der Waals surface area contributed by atoms with Crippen LogP contribution in [0.3, 0.4) is 0 Å². The molecule has 1 aromatic carbocycles. The summed E-state index contributed by atoms with van der Waals surface area (Å²) >= 11 is 0. The lowest BCUT2D eigenvalue weighted by Crippen LogP contribution is -2.34. The van der Waals surface area contributed by atoms with Gasteiger partial charge in [0.15, 0.2) is 11.4 Å². The molecular weight excluding hydrogens is 406 g/mol. The second-order valence-corrected chi connectivity index (χ2v) is 7.94. The van der Waals surface area contributed by atoms with Gasteiger partial charge in [-0.2, -0.15) is 13.2 Å². The molecule has 0 bridgehead atoms. The van der Waals surface area contributed by atoms with Crippen LogP contribution in [0.25, 0.3) is 0 Å². The third-order valence-electron chi connectivity index (χ3n) is 3.97. The van der Waals surface area contributed by atoms with Gasteiger partial charge >= 0.3 is 6.18 Å². The molecule has 152 valence electrons. The first-order valence-electron chi connectivity index (χ1n) is 7.92. The number of aromatic nitrogens is 1. The Morgan fingerprint density at radius 3 is 2.68 bits per heavy atom. The fraction of sp³-hybridized carbons (Fsp3) is 0.312. The van der Waals surface area contributed by atoms with E-state index in [9.17, 15) is 30.8 Å². The first kappa shape index (κ1) is 20.1. The van der Waals surface area contributed by atoms with Crippen LogP contribution in [0.1, 0.15) is 23.0 Å². The number of sulfonamides is 1. The van der Waals surface area contributed by atoms with Crippen LogP contribution in [0.4, 0.5) is 23.2 Å². The maximum atomic E-state index is 13.4. The van der Waals surface area contributed by atoms with Crippen molar-refractivity contribution in [1.82, 2.24) is 9.29 Å². The van der Waals surface area contributed by atoms with Crippen LogP contribution in [0.2, 0.25) is 0 Å². The van der Waals surface area contributed by atoms with Crippen molar-refractivity contribution in [3.63, 3.8) is 0 Å². The summed E-state index contributed by atoms with van der Waals surface area (Å²) in [5.74, 6) is -2.60. The highest BCUT2D eigenvalue weighted by molar-refractivity contribution is 7.89. The SMILES string of the molecule is CC1COc2c(cn(C)c2C(=O)Nc2ccc(F)c(C(F)(F)F)c2)S(=O)(=O)N1. The topological polar surface area (TPSA) is 89.4 Å². The number of carbonyl (C=O) groups excluding carboxylic acids is 1. The van der Waals surface area contributed by atoms with Gasteiger partial charge in [-0.05, 0) is 25.1 Å². The summed E-state index contributed by atoms with van der Waals surface area (Å²) in [6.07, 6.45) is -3.78. The number of alkyl halides is 3. The van der Waals surface area contributed by atoms with E-state index in [2.05, 4.69) is 10.0 Å². The Morgan fingerprint density at radius 2 is 2.04 bits per heavy atom. The highest BCUT2D eigenvalue weighted by Gasteiger charge is 2.35. The van der Waals surface area contributed by atoms with Crippen LogP contribution < -0.4 is 14.8 Å². The average Bonchev–Trinajstić information content (AvgIpc) is 2.85. The van der Waals surface area contributed by atoms with Gasteiger partial charge in [-0.15, -0.1) is 0 Å². The zero-order chi connectivity index (χ0) is 20.9. The van der Waals surface area contributed by atoms with Gasteiger partial charge in [0, 0.05) is 18.9 Å². The van der Waals surface area contributed by atoms with Gasteiger partial charge in [-0.1, -0.05) is 0 Å². The van der Waals surface area contributed by atoms with E-state index in [1.807, 2.05) is 0 Å². The standard InChI is InChI=1S/C16H15F4N3O4S/c1-8-7-27-14-12(28(25,26)22-8)6-23(2)13(14)15(24)21-9-3-4-11(17)10(5-9)16(18,19)20/h3-6,8,22H,7H2,1-2H3,(H,21,24). The molecule has 1 unspecified atom stereocenters. The Morgan fingerprint density at radius 1 is 1.36 bits per heavy atom. The van der Waals surface area contributed by atoms with Crippen molar-refractivity contribution in [2.75, 3.05) is 11.9 Å². The summed E-state index contributed by atoms with van der Waals surface area (Å²) in [6, 6.07) is 1.45. The van der Waals surface area contributed by atoms with Crippen LogP contribution >= 0.6 is 0 Å². The van der Waals surface area contributed by atoms with E-state index in [1.54, 1.807) is 6.92 Å². The van der Waals surface area contributed by atoms with Crippen LogP contribution in [0, 0.1) is 5.82 Å². The van der Waals surface area contributed by atoms with E-state index < -0.39 is 39.5 Å². The Labute approximate surface area is 157 Å². The monoisotopic (exact) mass is 421 g/mol. The number of carbonyl (C=O) groups is 1. The van der Waals surface area contributed by atoms with E-state index in [0.717, 1.165) is 12.3 Å². The second kappa shape index (κ2) is 6.78. The Bertz CT molecular complexity index is 1050. The molecule has 0 saturated carbocycles. The third kappa shape index (κ3) is 3.69. The minimum Gasteiger partial charge on any atom is -0.488 e. The van der Waals surface area contributed by atoms with E-state index in [0.29, 0.717) is 12.1 Å². The van der Waals surface area contributed by atoms with Crippen LogP contribution in [0.15, 0.2) is 29.3 Å². The molecule has 0 aliphatic carbocycles. The first-order valence-corrected chi connectivity index (χ1v) is 9.41. The van der Waals surface area contributed by atoms with Crippen molar-refractivity contribution in [3.8, 4) is 5.75 Å². The molecule has 0 fully saturated rings. The molecule has 3 rings (SSSR count). The van der Waals surface area contributed by atoms with Crippen LogP contribution in [-0.2, 0) is 23.2 Å². The lowest BCUT2D eigenvalue weighted by Gasteiger charge is -2.13. The molecule has 1 atom stereocenters. The molecule has 2 aromatic rings. The average molecular weight is 421 g/mol. The number of anilines is 1. The molecule has 0 radical (unpaired) electrons. The van der Waals surface area contributed by atoms with Gasteiger partial charge in [0.1, 0.15) is 17.3 Å². The number of benzene rings is 1. The number of ether oxygens (including phenoxy) is 1. The number of hydrogen-bond donors (Lipinski definition) is 2. The van der Waals surface area contributed by atoms with Crippen molar-refractivity contribution in [3.05, 3.63) is 41.5 Å². The number of nitrogens with one attached hydrogen (secondary N) is 2. The van der Waals surface area contributed by atoms with Gasteiger partial charge in [0.2, 0.25) is 10.0 Å². The molecule has 7 nitrogen and oxygen atoms in total. The van der Waals surface area contributed by atoms with Gasteiger partial charge in [-0.25, -0.2) is 17.5 Å². The van der Waals surface area contributed by atoms with Crippen molar-refractivity contribution in [2.24, 2.45) is 7.05 Å². The lowest BCUT2D eigenvalue weighted by atomic mass is 10.1. The largest absolute Gasteiger partial charge is 0.488 e. The van der Waals surface area contributed by atoms with Crippen molar-refractivity contribution >= 4 is 21.6 Å². The zero-order valence-electron chi connectivity index (χ0n) is 14.6. The molecule has 1 aliphatic heterocycles. The highest BCUT2D eigenvalue weighted by atomic mass is 32.2. The number of halogens is 4. The first-order chi connectivity index (χ1) is 12.9. The van der Waals surface area contributed by atoms with E-state index in [4.69, 9.17) is 4.74 Å². The quantitative estimate of drug-likeness (QED) is 0.730. The summed E-state index contributed by atoms with van der Waals surface area (Å²) in [6.45, 7) is 1.52. The molecular formula is C16H15F4N3O4S. The fourth-order valence-corrected chi connectivity index (χ4v) is 4.17.